The Morgan fingerprint density at radius 3 is 2.70 bits per heavy atom. The van der Waals surface area contributed by atoms with Gasteiger partial charge in [-0.3, -0.25) is 4.79 Å². The number of aromatic nitrogens is 1. The number of carbonyl (C=O) groups is 1. The predicted molar refractivity (Wildman–Crippen MR) is 124 cm³/mol. The van der Waals surface area contributed by atoms with Gasteiger partial charge < -0.3 is 15.0 Å². The minimum absolute atomic E-state index is 0.169. The first-order valence-corrected chi connectivity index (χ1v) is 11.4. The van der Waals surface area contributed by atoms with E-state index < -0.39 is 11.9 Å². The fourth-order valence-electron chi connectivity index (χ4n) is 3.54. The molecule has 4 rings (SSSR count). The molecule has 1 aromatic heterocycles. The summed E-state index contributed by atoms with van der Waals surface area (Å²) in [6.45, 7) is 4.94. The van der Waals surface area contributed by atoms with Crippen LogP contribution in [-0.2, 0) is 11.0 Å². The third-order valence-electron chi connectivity index (χ3n) is 5.23. The van der Waals surface area contributed by atoms with E-state index in [0.717, 1.165) is 17.4 Å². The van der Waals surface area contributed by atoms with Gasteiger partial charge in [-0.15, -0.1) is 11.8 Å². The van der Waals surface area contributed by atoms with E-state index >= 15 is 0 Å². The lowest BCUT2D eigenvalue weighted by Gasteiger charge is -2.19. The quantitative estimate of drug-likeness (QED) is 0.638. The second kappa shape index (κ2) is 9.74. The van der Waals surface area contributed by atoms with Crippen molar-refractivity contribution in [1.82, 2.24) is 10.3 Å². The molecular weight excluding hydrogens is 451 g/mol. The smallest absolute Gasteiger partial charge is 0.433 e. The second-order valence-corrected chi connectivity index (χ2v) is 8.52. The van der Waals surface area contributed by atoms with Crippen LogP contribution in [0.5, 0.6) is 5.75 Å². The second-order valence-electron chi connectivity index (χ2n) is 7.62. The van der Waals surface area contributed by atoms with Gasteiger partial charge in [0.1, 0.15) is 23.4 Å². The number of rotatable bonds is 6. The predicted octanol–water partition coefficient (Wildman–Crippen LogP) is 5.03. The van der Waals surface area contributed by atoms with E-state index in [1.54, 1.807) is 53.1 Å². The van der Waals surface area contributed by atoms with Gasteiger partial charge in [0, 0.05) is 30.0 Å². The molecule has 0 radical (unpaired) electrons. The molecule has 2 aliphatic heterocycles. The van der Waals surface area contributed by atoms with Gasteiger partial charge >= 0.3 is 6.18 Å². The SMILES string of the molecule is C=C(NC(=O)C1=CSCC=C1)c1ccc(OC2CCN(c3cccc(C(F)(F)F)n3)C2)cc1. The zero-order valence-electron chi connectivity index (χ0n) is 17.6. The van der Waals surface area contributed by atoms with E-state index in [1.807, 2.05) is 11.5 Å². The topological polar surface area (TPSA) is 54.5 Å². The maximum absolute atomic E-state index is 12.9. The summed E-state index contributed by atoms with van der Waals surface area (Å²) in [4.78, 5) is 17.8. The Balaban J connectivity index is 1.32. The third-order valence-corrected chi connectivity index (χ3v) is 6.03. The lowest BCUT2D eigenvalue weighted by atomic mass is 10.1. The summed E-state index contributed by atoms with van der Waals surface area (Å²) in [5.74, 6) is 1.57. The zero-order chi connectivity index (χ0) is 23.4. The fourth-order valence-corrected chi connectivity index (χ4v) is 4.20. The highest BCUT2D eigenvalue weighted by atomic mass is 32.2. The summed E-state index contributed by atoms with van der Waals surface area (Å²) < 4.78 is 44.8. The summed E-state index contributed by atoms with van der Waals surface area (Å²) in [7, 11) is 0. The van der Waals surface area contributed by atoms with Gasteiger partial charge in [-0.1, -0.05) is 24.8 Å². The lowest BCUT2D eigenvalue weighted by molar-refractivity contribution is -0.141. The largest absolute Gasteiger partial charge is 0.489 e. The third kappa shape index (κ3) is 5.78. The van der Waals surface area contributed by atoms with E-state index in [2.05, 4.69) is 16.9 Å². The molecule has 1 amide bonds. The number of nitrogens with one attached hydrogen (secondary N) is 1. The Labute approximate surface area is 194 Å². The molecule has 3 heterocycles. The minimum atomic E-state index is -4.47. The fraction of sp³-hybridized carbons (Fsp3) is 0.250. The average molecular weight is 474 g/mol. The summed E-state index contributed by atoms with van der Waals surface area (Å²) in [6.07, 6.45) is -0.252. The zero-order valence-corrected chi connectivity index (χ0v) is 18.5. The monoisotopic (exact) mass is 473 g/mol. The van der Waals surface area contributed by atoms with Crippen LogP contribution in [0.2, 0.25) is 0 Å². The molecule has 1 fully saturated rings. The van der Waals surface area contributed by atoms with Crippen LogP contribution in [0.4, 0.5) is 19.0 Å². The van der Waals surface area contributed by atoms with E-state index in [1.165, 1.54) is 6.07 Å². The van der Waals surface area contributed by atoms with Crippen molar-refractivity contribution in [3.63, 3.8) is 0 Å². The number of hydrogen-bond donors (Lipinski definition) is 1. The van der Waals surface area contributed by atoms with Crippen molar-refractivity contribution < 1.29 is 22.7 Å². The van der Waals surface area contributed by atoms with Crippen molar-refractivity contribution in [3.05, 3.63) is 83.4 Å². The number of halogens is 3. The van der Waals surface area contributed by atoms with E-state index in [-0.39, 0.29) is 12.0 Å². The number of ether oxygens (including phenoxy) is 1. The van der Waals surface area contributed by atoms with Gasteiger partial charge in [-0.25, -0.2) is 4.98 Å². The number of benzene rings is 1. The highest BCUT2D eigenvalue weighted by molar-refractivity contribution is 8.02. The van der Waals surface area contributed by atoms with Crippen LogP contribution in [0.3, 0.4) is 0 Å². The summed E-state index contributed by atoms with van der Waals surface area (Å²) in [6, 6.07) is 11.1. The van der Waals surface area contributed by atoms with Crippen molar-refractivity contribution in [2.24, 2.45) is 0 Å². The standard InChI is InChI=1S/C24H22F3N3O2S/c1-16(28-23(31)18-4-3-13-33-15-18)17-7-9-19(10-8-17)32-20-11-12-30(14-20)22-6-2-5-21(29-22)24(25,26)27/h2-10,15,20H,1,11-14H2,(H,28,31). The first-order valence-electron chi connectivity index (χ1n) is 10.3. The number of amides is 1. The number of alkyl halides is 3. The Hall–Kier alpha value is -3.20. The van der Waals surface area contributed by atoms with Crippen LogP contribution in [-0.4, -0.2) is 35.8 Å². The number of thioether (sulfide) groups is 1. The van der Waals surface area contributed by atoms with E-state index in [9.17, 15) is 18.0 Å². The molecule has 172 valence electrons. The van der Waals surface area contributed by atoms with Crippen molar-refractivity contribution in [1.29, 1.82) is 0 Å². The van der Waals surface area contributed by atoms with E-state index in [4.69, 9.17) is 4.74 Å². The molecular formula is C24H22F3N3O2S. The number of anilines is 1. The molecule has 2 aliphatic rings. The molecule has 9 heteroatoms. The van der Waals surface area contributed by atoms with Crippen LogP contribution >= 0.6 is 11.8 Å². The van der Waals surface area contributed by atoms with Crippen molar-refractivity contribution >= 4 is 29.2 Å². The molecule has 5 nitrogen and oxygen atoms in total. The van der Waals surface area contributed by atoms with Crippen LogP contribution in [0.15, 0.2) is 72.2 Å². The average Bonchev–Trinajstić information content (AvgIpc) is 3.28. The van der Waals surface area contributed by atoms with Crippen LogP contribution in [0, 0.1) is 0 Å². The molecule has 1 atom stereocenters. The molecule has 1 aromatic carbocycles. The summed E-state index contributed by atoms with van der Waals surface area (Å²) in [5, 5.41) is 4.62. The number of hydrogen-bond acceptors (Lipinski definition) is 5. The molecule has 1 saturated heterocycles. The van der Waals surface area contributed by atoms with Crippen molar-refractivity contribution in [2.75, 3.05) is 23.7 Å². The highest BCUT2D eigenvalue weighted by Gasteiger charge is 2.33. The molecule has 2 aromatic rings. The maximum Gasteiger partial charge on any atom is 0.433 e. The number of pyridine rings is 1. The molecule has 0 spiro atoms. The van der Waals surface area contributed by atoms with Crippen LogP contribution in [0.1, 0.15) is 17.7 Å². The van der Waals surface area contributed by atoms with Crippen LogP contribution < -0.4 is 15.0 Å². The Morgan fingerprint density at radius 2 is 2.00 bits per heavy atom. The summed E-state index contributed by atoms with van der Waals surface area (Å²) in [5.41, 5.74) is 0.930. The first-order chi connectivity index (χ1) is 15.8. The van der Waals surface area contributed by atoms with Gasteiger partial charge in [-0.05, 0) is 47.4 Å². The Bertz CT molecular complexity index is 1100. The maximum atomic E-state index is 12.9. The van der Waals surface area contributed by atoms with Crippen LogP contribution in [0.25, 0.3) is 5.70 Å². The lowest BCUT2D eigenvalue weighted by Crippen LogP contribution is -2.26. The van der Waals surface area contributed by atoms with Crippen molar-refractivity contribution in [3.8, 4) is 5.75 Å². The van der Waals surface area contributed by atoms with Gasteiger partial charge in [0.15, 0.2) is 0 Å². The Morgan fingerprint density at radius 1 is 1.21 bits per heavy atom. The summed E-state index contributed by atoms with van der Waals surface area (Å²) >= 11 is 1.56. The molecule has 1 unspecified atom stereocenters. The molecule has 0 bridgehead atoms. The van der Waals surface area contributed by atoms with Gasteiger partial charge in [0.05, 0.1) is 6.54 Å². The molecule has 1 N–H and O–H groups in total. The van der Waals surface area contributed by atoms with Crippen molar-refractivity contribution in [2.45, 2.75) is 18.7 Å². The highest BCUT2D eigenvalue weighted by Crippen LogP contribution is 2.30. The normalized spacial score (nSPS) is 18.1. The molecule has 33 heavy (non-hydrogen) atoms. The number of nitrogens with zero attached hydrogens (tertiary/aromatic N) is 2. The number of carbonyl (C=O) groups excluding carboxylic acids is 1. The van der Waals surface area contributed by atoms with Gasteiger partial charge in [0.2, 0.25) is 0 Å². The molecule has 0 aliphatic carbocycles. The minimum Gasteiger partial charge on any atom is -0.489 e. The van der Waals surface area contributed by atoms with Gasteiger partial charge in [-0.2, -0.15) is 13.2 Å². The van der Waals surface area contributed by atoms with Gasteiger partial charge in [0.25, 0.3) is 5.91 Å². The van der Waals surface area contributed by atoms with E-state index in [0.29, 0.717) is 42.3 Å². The Kier molecular flexibility index (Phi) is 6.78. The first kappa shape index (κ1) is 23.0. The molecule has 0 saturated carbocycles.